The molecule has 2 saturated carbocycles. The molecule has 0 aliphatic heterocycles. The summed E-state index contributed by atoms with van der Waals surface area (Å²) in [4.78, 5) is 0. The van der Waals surface area contributed by atoms with Gasteiger partial charge in [0.2, 0.25) is 0 Å². The predicted molar refractivity (Wildman–Crippen MR) is 73.9 cm³/mol. The van der Waals surface area contributed by atoms with E-state index < -0.39 is 0 Å². The molecule has 0 amide bonds. The summed E-state index contributed by atoms with van der Waals surface area (Å²) in [5.41, 5.74) is 0. The Labute approximate surface area is 112 Å². The molecule has 3 heteroatoms. The number of rotatable bonds is 6. The minimum absolute atomic E-state index is 0.423. The molecule has 0 aromatic carbocycles. The molecule has 0 bridgehead atoms. The average Bonchev–Trinajstić information content (AvgIpc) is 2.84. The molecular weight excluding hydrogens is 226 g/mol. The lowest BCUT2D eigenvalue weighted by atomic mass is 9.94. The highest BCUT2D eigenvalue weighted by Gasteiger charge is 2.31. The average molecular weight is 255 g/mol. The van der Waals surface area contributed by atoms with Gasteiger partial charge in [-0.3, -0.25) is 0 Å². The van der Waals surface area contributed by atoms with Crippen molar-refractivity contribution >= 4 is 0 Å². The zero-order chi connectivity index (χ0) is 12.8. The van der Waals surface area contributed by atoms with Gasteiger partial charge in [-0.05, 0) is 57.9 Å². The van der Waals surface area contributed by atoms with E-state index in [1.807, 2.05) is 7.11 Å². The number of methoxy groups -OCH3 is 1. The van der Waals surface area contributed by atoms with Crippen LogP contribution in [-0.4, -0.2) is 38.0 Å². The first-order valence-electron chi connectivity index (χ1n) is 7.75. The molecule has 2 aliphatic rings. The van der Waals surface area contributed by atoms with Crippen LogP contribution in [0.5, 0.6) is 0 Å². The van der Waals surface area contributed by atoms with E-state index in [0.717, 1.165) is 13.0 Å². The monoisotopic (exact) mass is 255 g/mol. The van der Waals surface area contributed by atoms with Crippen molar-refractivity contribution in [1.29, 1.82) is 0 Å². The summed E-state index contributed by atoms with van der Waals surface area (Å²) in [6.45, 7) is 3.35. The summed E-state index contributed by atoms with van der Waals surface area (Å²) in [6, 6.07) is 0.591. The number of nitrogens with one attached hydrogen (secondary N) is 1. The van der Waals surface area contributed by atoms with E-state index in [4.69, 9.17) is 9.47 Å². The van der Waals surface area contributed by atoms with E-state index in [1.165, 1.54) is 44.9 Å². The lowest BCUT2D eigenvalue weighted by Crippen LogP contribution is -2.41. The minimum atomic E-state index is 0.423. The molecule has 2 rings (SSSR count). The quantitative estimate of drug-likeness (QED) is 0.791. The fraction of sp³-hybridized carbons (Fsp3) is 1.00. The Morgan fingerprint density at radius 3 is 2.61 bits per heavy atom. The lowest BCUT2D eigenvalue weighted by Gasteiger charge is -2.32. The molecule has 2 fully saturated rings. The first-order chi connectivity index (χ1) is 8.83. The molecule has 18 heavy (non-hydrogen) atoms. The molecule has 1 N–H and O–H groups in total. The number of hydrogen-bond acceptors (Lipinski definition) is 3. The third-order valence-electron chi connectivity index (χ3n) is 4.39. The van der Waals surface area contributed by atoms with E-state index >= 15 is 0 Å². The molecule has 0 spiro atoms. The molecule has 0 aromatic heterocycles. The summed E-state index contributed by atoms with van der Waals surface area (Å²) < 4.78 is 11.8. The van der Waals surface area contributed by atoms with Crippen molar-refractivity contribution in [3.8, 4) is 0 Å². The molecule has 0 heterocycles. The van der Waals surface area contributed by atoms with Gasteiger partial charge in [0.25, 0.3) is 0 Å². The van der Waals surface area contributed by atoms with E-state index in [9.17, 15) is 0 Å². The summed E-state index contributed by atoms with van der Waals surface area (Å²) in [7, 11) is 1.83. The van der Waals surface area contributed by atoms with Crippen molar-refractivity contribution in [2.75, 3.05) is 13.7 Å². The van der Waals surface area contributed by atoms with Crippen molar-refractivity contribution < 1.29 is 9.47 Å². The highest BCUT2D eigenvalue weighted by Crippen LogP contribution is 2.29. The van der Waals surface area contributed by atoms with Crippen molar-refractivity contribution in [2.45, 2.75) is 82.6 Å². The van der Waals surface area contributed by atoms with Crippen LogP contribution in [0.15, 0.2) is 0 Å². The molecule has 3 nitrogen and oxygen atoms in total. The topological polar surface area (TPSA) is 30.5 Å². The molecule has 4 unspecified atom stereocenters. The zero-order valence-electron chi connectivity index (χ0n) is 12.0. The van der Waals surface area contributed by atoms with Crippen molar-refractivity contribution in [1.82, 2.24) is 5.32 Å². The second kappa shape index (κ2) is 7.46. The largest absolute Gasteiger partial charge is 0.381 e. The first kappa shape index (κ1) is 14.3. The maximum absolute atomic E-state index is 6.35. The summed E-state index contributed by atoms with van der Waals surface area (Å²) in [5, 5.41) is 3.64. The van der Waals surface area contributed by atoms with Gasteiger partial charge in [0.05, 0.1) is 18.3 Å². The van der Waals surface area contributed by atoms with Crippen LogP contribution < -0.4 is 5.32 Å². The smallest absolute Gasteiger partial charge is 0.0731 e. The van der Waals surface area contributed by atoms with Crippen LogP contribution in [0.1, 0.15) is 58.3 Å². The highest BCUT2D eigenvalue weighted by atomic mass is 16.5. The molecule has 0 aromatic rings. The van der Waals surface area contributed by atoms with Gasteiger partial charge in [0.15, 0.2) is 0 Å². The van der Waals surface area contributed by atoms with Gasteiger partial charge < -0.3 is 14.8 Å². The van der Waals surface area contributed by atoms with Gasteiger partial charge >= 0.3 is 0 Å². The Balaban J connectivity index is 1.76. The van der Waals surface area contributed by atoms with Crippen molar-refractivity contribution in [3.05, 3.63) is 0 Å². The van der Waals surface area contributed by atoms with Crippen molar-refractivity contribution in [3.63, 3.8) is 0 Å². The van der Waals surface area contributed by atoms with Gasteiger partial charge in [-0.2, -0.15) is 0 Å². The van der Waals surface area contributed by atoms with Crippen LogP contribution in [0.2, 0.25) is 0 Å². The Kier molecular flexibility index (Phi) is 5.93. The summed E-state index contributed by atoms with van der Waals surface area (Å²) in [6.07, 6.45) is 11.1. The molecule has 0 radical (unpaired) electrons. The second-order valence-electron chi connectivity index (χ2n) is 5.81. The van der Waals surface area contributed by atoms with Crippen LogP contribution in [0.4, 0.5) is 0 Å². The third-order valence-corrected chi connectivity index (χ3v) is 4.39. The number of ether oxygens (including phenoxy) is 2. The Morgan fingerprint density at radius 2 is 1.83 bits per heavy atom. The maximum Gasteiger partial charge on any atom is 0.0731 e. The Morgan fingerprint density at radius 1 is 1.06 bits per heavy atom. The number of hydrogen-bond donors (Lipinski definition) is 1. The van der Waals surface area contributed by atoms with E-state index in [0.29, 0.717) is 24.4 Å². The fourth-order valence-electron chi connectivity index (χ4n) is 3.34. The summed E-state index contributed by atoms with van der Waals surface area (Å²) >= 11 is 0. The van der Waals surface area contributed by atoms with Gasteiger partial charge in [-0.25, -0.2) is 0 Å². The van der Waals surface area contributed by atoms with Gasteiger partial charge in [-0.1, -0.05) is 6.92 Å². The lowest BCUT2D eigenvalue weighted by molar-refractivity contribution is -0.0697. The van der Waals surface area contributed by atoms with E-state index in [2.05, 4.69) is 12.2 Å². The van der Waals surface area contributed by atoms with E-state index in [-0.39, 0.29) is 0 Å². The highest BCUT2D eigenvalue weighted by molar-refractivity contribution is 4.86. The van der Waals surface area contributed by atoms with Crippen LogP contribution in [0.25, 0.3) is 0 Å². The molecule has 4 atom stereocenters. The second-order valence-corrected chi connectivity index (χ2v) is 5.81. The molecular formula is C15H29NO2. The Bertz CT molecular complexity index is 235. The summed E-state index contributed by atoms with van der Waals surface area (Å²) in [5.74, 6) is 0. The maximum atomic E-state index is 6.35. The molecule has 106 valence electrons. The minimum Gasteiger partial charge on any atom is -0.381 e. The third kappa shape index (κ3) is 3.94. The van der Waals surface area contributed by atoms with Crippen molar-refractivity contribution in [2.24, 2.45) is 0 Å². The fourth-order valence-corrected chi connectivity index (χ4v) is 3.34. The van der Waals surface area contributed by atoms with Crippen LogP contribution >= 0.6 is 0 Å². The van der Waals surface area contributed by atoms with Gasteiger partial charge in [-0.15, -0.1) is 0 Å². The first-order valence-corrected chi connectivity index (χ1v) is 7.75. The predicted octanol–water partition coefficient (Wildman–Crippen LogP) is 2.88. The molecule has 2 aliphatic carbocycles. The molecule has 0 saturated heterocycles. The standard InChI is InChI=1S/C15H29NO2/c1-3-10-16-14-8-5-9-15(14)18-13-7-4-6-12(11-13)17-2/h12-16H,3-11H2,1-2H3. The van der Waals surface area contributed by atoms with Gasteiger partial charge in [0.1, 0.15) is 0 Å². The normalized spacial score (nSPS) is 37.0. The van der Waals surface area contributed by atoms with Gasteiger partial charge in [0, 0.05) is 13.2 Å². The van der Waals surface area contributed by atoms with Crippen LogP contribution in [0.3, 0.4) is 0 Å². The van der Waals surface area contributed by atoms with Crippen LogP contribution in [0, 0.1) is 0 Å². The Hall–Kier alpha value is -0.120. The zero-order valence-corrected chi connectivity index (χ0v) is 12.0. The van der Waals surface area contributed by atoms with Crippen LogP contribution in [-0.2, 0) is 9.47 Å². The van der Waals surface area contributed by atoms with E-state index in [1.54, 1.807) is 0 Å². The SMILES string of the molecule is CCCNC1CCCC1OC1CCCC(OC)C1.